The summed E-state index contributed by atoms with van der Waals surface area (Å²) in [5, 5.41) is 7.16. The summed E-state index contributed by atoms with van der Waals surface area (Å²) in [4.78, 5) is 14.7. The second-order valence-corrected chi connectivity index (χ2v) is 6.98. The van der Waals surface area contributed by atoms with Crippen molar-refractivity contribution in [3.63, 3.8) is 0 Å². The standard InChI is InChI=1S/C19H23N3O2/c23-19(20-16-8-9-22(13-16)12-14-6-7-14)11-17-10-18(24-21-17)15-4-2-1-3-5-15/h1-5,10,14,16H,6-9,11-13H2,(H,20,23)/t16-/m0/s1. The lowest BCUT2D eigenvalue weighted by atomic mass is 10.1. The molecule has 1 amide bonds. The first kappa shape index (κ1) is 15.4. The van der Waals surface area contributed by atoms with Gasteiger partial charge < -0.3 is 14.7 Å². The summed E-state index contributed by atoms with van der Waals surface area (Å²) < 4.78 is 5.35. The molecule has 2 aliphatic rings. The third-order valence-electron chi connectivity index (χ3n) is 4.81. The van der Waals surface area contributed by atoms with E-state index in [0.717, 1.165) is 31.0 Å². The zero-order valence-corrected chi connectivity index (χ0v) is 13.8. The van der Waals surface area contributed by atoms with Gasteiger partial charge in [-0.05, 0) is 25.2 Å². The highest BCUT2D eigenvalue weighted by molar-refractivity contribution is 5.78. The zero-order valence-electron chi connectivity index (χ0n) is 13.8. The van der Waals surface area contributed by atoms with Crippen LogP contribution in [-0.4, -0.2) is 41.6 Å². The molecule has 24 heavy (non-hydrogen) atoms. The summed E-state index contributed by atoms with van der Waals surface area (Å²) in [5.41, 5.74) is 1.65. The van der Waals surface area contributed by atoms with Crippen molar-refractivity contribution < 1.29 is 9.32 Å². The Morgan fingerprint density at radius 3 is 2.88 bits per heavy atom. The van der Waals surface area contributed by atoms with E-state index >= 15 is 0 Å². The van der Waals surface area contributed by atoms with Gasteiger partial charge in [0, 0.05) is 37.3 Å². The molecule has 1 saturated carbocycles. The third-order valence-corrected chi connectivity index (χ3v) is 4.81. The van der Waals surface area contributed by atoms with E-state index in [-0.39, 0.29) is 18.4 Å². The van der Waals surface area contributed by atoms with E-state index in [1.165, 1.54) is 19.4 Å². The van der Waals surface area contributed by atoms with Crippen molar-refractivity contribution in [2.45, 2.75) is 31.7 Å². The topological polar surface area (TPSA) is 58.4 Å². The fourth-order valence-corrected chi connectivity index (χ4v) is 3.36. The quantitative estimate of drug-likeness (QED) is 0.886. The molecule has 2 heterocycles. The fourth-order valence-electron chi connectivity index (χ4n) is 3.36. The van der Waals surface area contributed by atoms with Crippen LogP contribution in [0, 0.1) is 5.92 Å². The minimum absolute atomic E-state index is 0.0289. The largest absolute Gasteiger partial charge is 0.356 e. The smallest absolute Gasteiger partial charge is 0.226 e. The van der Waals surface area contributed by atoms with Gasteiger partial charge in [0.15, 0.2) is 5.76 Å². The lowest BCUT2D eigenvalue weighted by Gasteiger charge is -2.16. The number of nitrogens with one attached hydrogen (secondary N) is 1. The number of nitrogens with zero attached hydrogens (tertiary/aromatic N) is 2. The highest BCUT2D eigenvalue weighted by atomic mass is 16.5. The molecule has 2 fully saturated rings. The number of aromatic nitrogens is 1. The van der Waals surface area contributed by atoms with E-state index in [4.69, 9.17) is 4.52 Å². The maximum absolute atomic E-state index is 12.2. The predicted molar refractivity (Wildman–Crippen MR) is 91.4 cm³/mol. The fraction of sp³-hybridized carbons (Fsp3) is 0.474. The molecule has 0 spiro atoms. The number of hydrogen-bond acceptors (Lipinski definition) is 4. The van der Waals surface area contributed by atoms with Gasteiger partial charge in [-0.25, -0.2) is 0 Å². The van der Waals surface area contributed by atoms with Crippen molar-refractivity contribution in [2.24, 2.45) is 5.92 Å². The van der Waals surface area contributed by atoms with Crippen LogP contribution in [-0.2, 0) is 11.2 Å². The SMILES string of the molecule is O=C(Cc1cc(-c2ccccc2)on1)N[C@H]1CCN(CC2CC2)C1. The van der Waals surface area contributed by atoms with E-state index in [2.05, 4.69) is 15.4 Å². The normalized spacial score (nSPS) is 21.1. The van der Waals surface area contributed by atoms with Crippen LogP contribution in [0.5, 0.6) is 0 Å². The molecule has 1 atom stereocenters. The molecule has 5 nitrogen and oxygen atoms in total. The van der Waals surface area contributed by atoms with Crippen molar-refractivity contribution in [3.05, 3.63) is 42.1 Å². The second kappa shape index (κ2) is 6.77. The van der Waals surface area contributed by atoms with Crippen LogP contribution in [0.4, 0.5) is 0 Å². The van der Waals surface area contributed by atoms with E-state index in [1.54, 1.807) is 0 Å². The van der Waals surface area contributed by atoms with Crippen molar-refractivity contribution in [1.82, 2.24) is 15.4 Å². The number of carbonyl (C=O) groups is 1. The van der Waals surface area contributed by atoms with Gasteiger partial charge in [-0.3, -0.25) is 4.79 Å². The summed E-state index contributed by atoms with van der Waals surface area (Å²) in [7, 11) is 0. The van der Waals surface area contributed by atoms with Gasteiger partial charge in [0.2, 0.25) is 5.91 Å². The van der Waals surface area contributed by atoms with E-state index < -0.39 is 0 Å². The highest BCUT2D eigenvalue weighted by Crippen LogP contribution is 2.30. The second-order valence-electron chi connectivity index (χ2n) is 6.98. The van der Waals surface area contributed by atoms with Crippen LogP contribution in [0.3, 0.4) is 0 Å². The number of carbonyl (C=O) groups excluding carboxylic acids is 1. The van der Waals surface area contributed by atoms with E-state index in [0.29, 0.717) is 11.5 Å². The van der Waals surface area contributed by atoms with Crippen molar-refractivity contribution in [3.8, 4) is 11.3 Å². The summed E-state index contributed by atoms with van der Waals surface area (Å²) in [6.07, 6.45) is 4.08. The molecular weight excluding hydrogens is 302 g/mol. The molecule has 1 N–H and O–H groups in total. The number of hydrogen-bond donors (Lipinski definition) is 1. The molecular formula is C19H23N3O2. The Morgan fingerprint density at radius 2 is 2.08 bits per heavy atom. The number of amides is 1. The van der Waals surface area contributed by atoms with Gasteiger partial charge in [-0.2, -0.15) is 0 Å². The number of benzene rings is 1. The molecule has 1 aromatic carbocycles. The average Bonchev–Trinajstić information content (AvgIpc) is 3.09. The van der Waals surface area contributed by atoms with Crippen LogP contribution >= 0.6 is 0 Å². The maximum atomic E-state index is 12.2. The van der Waals surface area contributed by atoms with Crippen molar-refractivity contribution in [1.29, 1.82) is 0 Å². The summed E-state index contributed by atoms with van der Waals surface area (Å²) in [5.74, 6) is 1.64. The van der Waals surface area contributed by atoms with Crippen LogP contribution < -0.4 is 5.32 Å². The molecule has 1 aromatic heterocycles. The molecule has 126 valence electrons. The van der Waals surface area contributed by atoms with E-state index in [1.807, 2.05) is 36.4 Å². The first-order valence-electron chi connectivity index (χ1n) is 8.79. The molecule has 0 bridgehead atoms. The van der Waals surface area contributed by atoms with Crippen LogP contribution in [0.15, 0.2) is 40.9 Å². The third kappa shape index (κ3) is 3.85. The Hall–Kier alpha value is -2.14. The van der Waals surface area contributed by atoms with Gasteiger partial charge in [0.1, 0.15) is 0 Å². The van der Waals surface area contributed by atoms with Crippen molar-refractivity contribution in [2.75, 3.05) is 19.6 Å². The molecule has 5 heteroatoms. The molecule has 1 saturated heterocycles. The summed E-state index contributed by atoms with van der Waals surface area (Å²) >= 11 is 0. The molecule has 0 unspecified atom stereocenters. The number of likely N-dealkylation sites (tertiary alicyclic amines) is 1. The first-order chi connectivity index (χ1) is 11.8. The Kier molecular flexibility index (Phi) is 4.34. The lowest BCUT2D eigenvalue weighted by molar-refractivity contribution is -0.121. The van der Waals surface area contributed by atoms with Crippen LogP contribution in [0.2, 0.25) is 0 Å². The molecule has 0 radical (unpaired) electrons. The lowest BCUT2D eigenvalue weighted by Crippen LogP contribution is -2.38. The van der Waals surface area contributed by atoms with Crippen molar-refractivity contribution >= 4 is 5.91 Å². The molecule has 1 aliphatic carbocycles. The Bertz CT molecular complexity index is 694. The minimum atomic E-state index is 0.0289. The summed E-state index contributed by atoms with van der Waals surface area (Å²) in [6.45, 7) is 3.29. The maximum Gasteiger partial charge on any atom is 0.226 e. The Balaban J connectivity index is 1.28. The minimum Gasteiger partial charge on any atom is -0.356 e. The van der Waals surface area contributed by atoms with Gasteiger partial charge in [-0.1, -0.05) is 35.5 Å². The Labute approximate surface area is 142 Å². The zero-order chi connectivity index (χ0) is 16.4. The Morgan fingerprint density at radius 1 is 1.25 bits per heavy atom. The molecule has 4 rings (SSSR count). The molecule has 2 aromatic rings. The van der Waals surface area contributed by atoms with Crippen LogP contribution in [0.1, 0.15) is 25.0 Å². The summed E-state index contributed by atoms with van der Waals surface area (Å²) in [6, 6.07) is 11.9. The average molecular weight is 325 g/mol. The van der Waals surface area contributed by atoms with Gasteiger partial charge >= 0.3 is 0 Å². The van der Waals surface area contributed by atoms with Gasteiger partial charge in [0.25, 0.3) is 0 Å². The van der Waals surface area contributed by atoms with E-state index in [9.17, 15) is 4.79 Å². The van der Waals surface area contributed by atoms with Gasteiger partial charge in [-0.15, -0.1) is 0 Å². The predicted octanol–water partition coefficient (Wildman–Crippen LogP) is 2.48. The first-order valence-corrected chi connectivity index (χ1v) is 8.79. The monoisotopic (exact) mass is 325 g/mol. The highest BCUT2D eigenvalue weighted by Gasteiger charge is 2.29. The van der Waals surface area contributed by atoms with Gasteiger partial charge in [0.05, 0.1) is 12.1 Å². The van der Waals surface area contributed by atoms with Crippen LogP contribution in [0.25, 0.3) is 11.3 Å². The molecule has 1 aliphatic heterocycles. The number of rotatable bonds is 6.